The summed E-state index contributed by atoms with van der Waals surface area (Å²) in [7, 11) is 0. The second-order valence-corrected chi connectivity index (χ2v) is 8.33. The van der Waals surface area contributed by atoms with E-state index in [9.17, 15) is 4.39 Å². The first kappa shape index (κ1) is 17.8. The second-order valence-electron chi connectivity index (χ2n) is 7.42. The summed E-state index contributed by atoms with van der Waals surface area (Å²) in [6, 6.07) is 18.3. The maximum Gasteiger partial charge on any atom is 0.231 e. The van der Waals surface area contributed by atoms with E-state index >= 15 is 0 Å². The zero-order valence-corrected chi connectivity index (χ0v) is 17.3. The Morgan fingerprint density at radius 1 is 0.933 bits per heavy atom. The molecule has 0 saturated heterocycles. The van der Waals surface area contributed by atoms with E-state index < -0.39 is 6.23 Å². The lowest BCUT2D eigenvalue weighted by molar-refractivity contribution is -0.0191. The smallest absolute Gasteiger partial charge is 0.231 e. The molecule has 3 aromatic carbocycles. The summed E-state index contributed by atoms with van der Waals surface area (Å²) in [6.07, 6.45) is 0.292. The molecule has 3 aliphatic heterocycles. The maximum absolute atomic E-state index is 13.5. The van der Waals surface area contributed by atoms with Crippen LogP contribution < -0.4 is 14.2 Å². The molecule has 0 saturated carbocycles. The summed E-state index contributed by atoms with van der Waals surface area (Å²) in [5, 5.41) is 6.91. The summed E-state index contributed by atoms with van der Waals surface area (Å²) in [6.45, 7) is 0.238. The first-order valence-corrected chi connectivity index (χ1v) is 10.4. The van der Waals surface area contributed by atoms with Gasteiger partial charge in [-0.15, -0.1) is 0 Å². The van der Waals surface area contributed by atoms with Crippen molar-refractivity contribution in [2.24, 2.45) is 5.10 Å². The molecular weight excluding hydrogens is 451 g/mol. The van der Waals surface area contributed by atoms with Gasteiger partial charge in [0.05, 0.1) is 11.8 Å². The number of halogens is 2. The summed E-state index contributed by atoms with van der Waals surface area (Å²) < 4.78 is 31.8. The molecule has 0 bridgehead atoms. The van der Waals surface area contributed by atoms with Gasteiger partial charge in [0, 0.05) is 27.6 Å². The molecule has 6 rings (SSSR count). The normalized spacial score (nSPS) is 21.0. The number of nitrogens with zero attached hydrogens (tertiary/aromatic N) is 2. The van der Waals surface area contributed by atoms with Gasteiger partial charge >= 0.3 is 0 Å². The molecule has 0 spiro atoms. The number of benzene rings is 3. The van der Waals surface area contributed by atoms with Crippen LogP contribution in [-0.4, -0.2) is 17.5 Å². The molecule has 2 atom stereocenters. The van der Waals surface area contributed by atoms with Crippen molar-refractivity contribution in [2.75, 3.05) is 6.79 Å². The van der Waals surface area contributed by atoms with Crippen LogP contribution in [0, 0.1) is 5.82 Å². The van der Waals surface area contributed by atoms with Crippen LogP contribution in [0.15, 0.2) is 70.2 Å². The monoisotopic (exact) mass is 466 g/mol. The number of hydrogen-bond donors (Lipinski definition) is 0. The van der Waals surface area contributed by atoms with Gasteiger partial charge in [-0.3, -0.25) is 0 Å². The van der Waals surface area contributed by atoms with Crippen molar-refractivity contribution in [1.82, 2.24) is 5.01 Å². The average Bonchev–Trinajstić information content (AvgIpc) is 3.41. The molecule has 5 nitrogen and oxygen atoms in total. The van der Waals surface area contributed by atoms with Crippen LogP contribution in [-0.2, 0) is 0 Å². The lowest BCUT2D eigenvalue weighted by Gasteiger charge is -2.38. The summed E-state index contributed by atoms with van der Waals surface area (Å²) in [4.78, 5) is 0. The summed E-state index contributed by atoms with van der Waals surface area (Å²) in [5.41, 5.74) is 3.86. The van der Waals surface area contributed by atoms with Crippen molar-refractivity contribution in [3.05, 3.63) is 87.6 Å². The number of hydrazone groups is 1. The number of rotatable bonds is 2. The highest BCUT2D eigenvalue weighted by molar-refractivity contribution is 9.10. The minimum Gasteiger partial charge on any atom is -0.464 e. The fraction of sp³-hybridized carbons (Fsp3) is 0.174. The van der Waals surface area contributed by atoms with Gasteiger partial charge in [-0.2, -0.15) is 5.10 Å². The van der Waals surface area contributed by atoms with Gasteiger partial charge in [-0.1, -0.05) is 28.1 Å². The third-order valence-corrected chi connectivity index (χ3v) is 6.11. The Hall–Kier alpha value is -3.06. The first-order chi connectivity index (χ1) is 14.7. The van der Waals surface area contributed by atoms with Gasteiger partial charge < -0.3 is 14.2 Å². The van der Waals surface area contributed by atoms with E-state index in [4.69, 9.17) is 19.3 Å². The lowest BCUT2D eigenvalue weighted by Crippen LogP contribution is -2.33. The van der Waals surface area contributed by atoms with E-state index in [-0.39, 0.29) is 18.7 Å². The number of hydrogen-bond acceptors (Lipinski definition) is 5. The number of fused-ring (bicyclic) bond motifs is 4. The van der Waals surface area contributed by atoms with Gasteiger partial charge in [0.1, 0.15) is 11.6 Å². The van der Waals surface area contributed by atoms with Gasteiger partial charge in [0.15, 0.2) is 11.5 Å². The zero-order chi connectivity index (χ0) is 20.2. The van der Waals surface area contributed by atoms with Crippen LogP contribution >= 0.6 is 15.9 Å². The highest BCUT2D eigenvalue weighted by Gasteiger charge is 2.41. The van der Waals surface area contributed by atoms with Crippen LogP contribution in [0.1, 0.15) is 35.4 Å². The van der Waals surface area contributed by atoms with E-state index in [2.05, 4.69) is 22.0 Å². The van der Waals surface area contributed by atoms with Crippen LogP contribution in [0.3, 0.4) is 0 Å². The van der Waals surface area contributed by atoms with Crippen LogP contribution in [0.5, 0.6) is 17.2 Å². The molecule has 0 radical (unpaired) electrons. The van der Waals surface area contributed by atoms with Crippen molar-refractivity contribution >= 4 is 21.6 Å². The van der Waals surface area contributed by atoms with Crippen molar-refractivity contribution in [2.45, 2.75) is 18.7 Å². The highest BCUT2D eigenvalue weighted by Crippen LogP contribution is 2.48. The van der Waals surface area contributed by atoms with Crippen molar-refractivity contribution in [3.8, 4) is 17.2 Å². The Morgan fingerprint density at radius 3 is 2.60 bits per heavy atom. The Labute approximate surface area is 180 Å². The standard InChI is InChI=1S/C23H16BrFN2O3/c24-15-4-8-20-17(10-15)19-11-18(14-3-7-21-22(9-14)29-12-28-21)26-27(19)23(30-20)13-1-5-16(25)6-2-13/h1-10,19,23H,11-12H2. The van der Waals surface area contributed by atoms with Gasteiger partial charge in [-0.05, 0) is 48.5 Å². The Morgan fingerprint density at radius 2 is 1.73 bits per heavy atom. The van der Waals surface area contributed by atoms with Gasteiger partial charge in [0.2, 0.25) is 13.0 Å². The van der Waals surface area contributed by atoms with E-state index in [1.807, 2.05) is 35.3 Å². The summed E-state index contributed by atoms with van der Waals surface area (Å²) in [5.74, 6) is 2.02. The molecule has 150 valence electrons. The van der Waals surface area contributed by atoms with E-state index in [1.54, 1.807) is 12.1 Å². The van der Waals surface area contributed by atoms with E-state index in [0.717, 1.165) is 50.5 Å². The Kier molecular flexibility index (Phi) is 3.99. The molecule has 30 heavy (non-hydrogen) atoms. The van der Waals surface area contributed by atoms with E-state index in [0.29, 0.717) is 0 Å². The van der Waals surface area contributed by atoms with E-state index in [1.165, 1.54) is 12.1 Å². The van der Waals surface area contributed by atoms with Crippen LogP contribution in [0.25, 0.3) is 0 Å². The van der Waals surface area contributed by atoms with Crippen LogP contribution in [0.2, 0.25) is 0 Å². The van der Waals surface area contributed by atoms with Crippen molar-refractivity contribution in [3.63, 3.8) is 0 Å². The molecule has 0 amide bonds. The minimum absolute atomic E-state index is 0.0155. The molecule has 3 aliphatic rings. The predicted octanol–water partition coefficient (Wildman–Crippen LogP) is 5.56. The molecule has 7 heteroatoms. The Bertz CT molecular complexity index is 1180. The Balaban J connectivity index is 1.43. The van der Waals surface area contributed by atoms with Crippen LogP contribution in [0.4, 0.5) is 4.39 Å². The molecule has 2 unspecified atom stereocenters. The third-order valence-electron chi connectivity index (χ3n) is 5.61. The van der Waals surface area contributed by atoms with Crippen molar-refractivity contribution in [1.29, 1.82) is 0 Å². The predicted molar refractivity (Wildman–Crippen MR) is 112 cm³/mol. The highest BCUT2D eigenvalue weighted by atomic mass is 79.9. The lowest BCUT2D eigenvalue weighted by atomic mass is 9.96. The molecule has 3 aromatic rings. The fourth-order valence-electron chi connectivity index (χ4n) is 4.16. The zero-order valence-electron chi connectivity index (χ0n) is 15.7. The molecule has 0 fully saturated rings. The maximum atomic E-state index is 13.5. The molecule has 0 N–H and O–H groups in total. The molecule has 0 aliphatic carbocycles. The summed E-state index contributed by atoms with van der Waals surface area (Å²) >= 11 is 3.57. The fourth-order valence-corrected chi connectivity index (χ4v) is 4.53. The molecule has 3 heterocycles. The largest absolute Gasteiger partial charge is 0.464 e. The quantitative estimate of drug-likeness (QED) is 0.495. The second kappa shape index (κ2) is 6.74. The topological polar surface area (TPSA) is 43.3 Å². The van der Waals surface area contributed by atoms with Crippen molar-refractivity contribution < 1.29 is 18.6 Å². The third kappa shape index (κ3) is 2.84. The van der Waals surface area contributed by atoms with Gasteiger partial charge in [-0.25, -0.2) is 9.40 Å². The molecular formula is C23H16BrFN2O3. The minimum atomic E-state index is -0.434. The first-order valence-electron chi connectivity index (χ1n) is 9.63. The van der Waals surface area contributed by atoms with Gasteiger partial charge in [0.25, 0.3) is 0 Å². The average molecular weight is 467 g/mol. The SMILES string of the molecule is Fc1ccc(C2Oc3ccc(Br)cc3C3CC(c4ccc5c(c4)OCO5)=NN32)cc1. The molecule has 0 aromatic heterocycles. The number of ether oxygens (including phenoxy) is 3.